The molecule has 3 aliphatic rings. The summed E-state index contributed by atoms with van der Waals surface area (Å²) < 4.78 is 18.1. The first-order valence-electron chi connectivity index (χ1n) is 18.8. The number of pyridine rings is 2. The van der Waals surface area contributed by atoms with Crippen molar-refractivity contribution in [1.29, 1.82) is 0 Å². The van der Waals surface area contributed by atoms with Gasteiger partial charge in [-0.2, -0.15) is 0 Å². The quantitative estimate of drug-likeness (QED) is 0.125. The third-order valence-corrected chi connectivity index (χ3v) is 11.6. The molecular formula is C46H41Cl4N3O3. The highest BCUT2D eigenvalue weighted by molar-refractivity contribution is 6.34. The highest BCUT2D eigenvalue weighted by atomic mass is 35.5. The first-order chi connectivity index (χ1) is 27.3. The Kier molecular flexibility index (Phi) is 11.6. The third-order valence-electron chi connectivity index (χ3n) is 10.6. The number of hydrogen-bond acceptors (Lipinski definition) is 6. The standard InChI is InChI=1S/C24H22Cl2N2O.C22H19Cl2NO2/c25-17-11-16(12-18(26)13-17)14-28-24(8-9-24)22-15-27-10-7-20(22)21-3-1-2-4-23(21)29-19-5-6-19;1-26-21-5-3-2-4-18(21)17-8-11-25-13-19(17)22(9-10-22)27-14-15-12-16(23)6-7-20(15)24/h1-4,7,10-13,15,19,28H,5-6,8-9,14H2;2-8,11-13H,9-10,14H2,1H3. The number of halogens is 4. The molecule has 0 radical (unpaired) electrons. The van der Waals surface area contributed by atoms with Crippen LogP contribution in [0.2, 0.25) is 20.1 Å². The number of hydrogen-bond donors (Lipinski definition) is 1. The van der Waals surface area contributed by atoms with Crippen molar-refractivity contribution in [3.63, 3.8) is 0 Å². The van der Waals surface area contributed by atoms with E-state index in [4.69, 9.17) is 60.6 Å². The molecule has 0 aliphatic heterocycles. The lowest BCUT2D eigenvalue weighted by atomic mass is 9.94. The van der Waals surface area contributed by atoms with Crippen LogP contribution < -0.4 is 14.8 Å². The Balaban J connectivity index is 0.000000158. The maximum Gasteiger partial charge on any atom is 0.127 e. The van der Waals surface area contributed by atoms with E-state index in [1.54, 1.807) is 31.5 Å². The molecule has 56 heavy (non-hydrogen) atoms. The maximum absolute atomic E-state index is 6.36. The lowest BCUT2D eigenvalue weighted by Gasteiger charge is -2.22. The molecule has 0 atom stereocenters. The van der Waals surface area contributed by atoms with Gasteiger partial charge in [0.15, 0.2) is 0 Å². The van der Waals surface area contributed by atoms with E-state index in [1.165, 1.54) is 11.1 Å². The number of nitrogens with zero attached hydrogens (tertiary/aromatic N) is 2. The normalized spacial score (nSPS) is 16.0. The number of methoxy groups -OCH3 is 1. The Labute approximate surface area is 348 Å². The maximum atomic E-state index is 6.36. The summed E-state index contributed by atoms with van der Waals surface area (Å²) in [7, 11) is 1.68. The molecular weight excluding hydrogens is 784 g/mol. The molecule has 6 nitrogen and oxygen atoms in total. The van der Waals surface area contributed by atoms with Crippen LogP contribution in [0.15, 0.2) is 122 Å². The molecule has 3 aliphatic carbocycles. The number of rotatable bonds is 13. The SMILES string of the molecule is COc1ccccc1-c1ccncc1C1(OCc2cc(Cl)ccc2Cl)CC1.Clc1cc(Cl)cc(CNC2(c3cnccc3-c3ccccc3OC3CC3)CC2)c1. The van der Waals surface area contributed by atoms with Crippen LogP contribution in [-0.2, 0) is 29.0 Å². The highest BCUT2D eigenvalue weighted by Crippen LogP contribution is 2.53. The third kappa shape index (κ3) is 8.87. The predicted octanol–water partition coefficient (Wildman–Crippen LogP) is 12.6. The first-order valence-corrected chi connectivity index (χ1v) is 20.3. The van der Waals surface area contributed by atoms with E-state index < -0.39 is 0 Å². The molecule has 1 N–H and O–H groups in total. The fourth-order valence-electron chi connectivity index (χ4n) is 7.15. The van der Waals surface area contributed by atoms with Gasteiger partial charge in [0.25, 0.3) is 0 Å². The van der Waals surface area contributed by atoms with Crippen molar-refractivity contribution in [3.8, 4) is 33.8 Å². The van der Waals surface area contributed by atoms with Crippen molar-refractivity contribution < 1.29 is 14.2 Å². The van der Waals surface area contributed by atoms with E-state index in [1.807, 2.05) is 67.1 Å². The van der Waals surface area contributed by atoms with Crippen molar-refractivity contribution in [2.45, 2.75) is 68.9 Å². The Hall–Kier alpha value is -4.14. The zero-order chi connectivity index (χ0) is 38.7. The zero-order valence-corrected chi connectivity index (χ0v) is 33.9. The van der Waals surface area contributed by atoms with Gasteiger partial charge < -0.3 is 19.5 Å². The number of ether oxygens (including phenoxy) is 3. The van der Waals surface area contributed by atoms with Crippen LogP contribution in [0.3, 0.4) is 0 Å². The van der Waals surface area contributed by atoms with Crippen molar-refractivity contribution in [1.82, 2.24) is 15.3 Å². The van der Waals surface area contributed by atoms with Gasteiger partial charge in [0.1, 0.15) is 11.5 Å². The average Bonchev–Trinajstić information content (AvgIpc) is 4.10. The summed E-state index contributed by atoms with van der Waals surface area (Å²) in [6, 6.07) is 31.5. The predicted molar refractivity (Wildman–Crippen MR) is 226 cm³/mol. The van der Waals surface area contributed by atoms with Gasteiger partial charge in [-0.05, 0) is 127 Å². The summed E-state index contributed by atoms with van der Waals surface area (Å²) in [6.07, 6.45) is 14.2. The van der Waals surface area contributed by atoms with Crippen molar-refractivity contribution in [2.75, 3.05) is 7.11 Å². The summed E-state index contributed by atoms with van der Waals surface area (Å²) in [5, 5.41) is 6.37. The highest BCUT2D eigenvalue weighted by Gasteiger charge is 2.48. The van der Waals surface area contributed by atoms with Crippen LogP contribution in [0.5, 0.6) is 11.5 Å². The van der Waals surface area contributed by atoms with Crippen LogP contribution in [-0.4, -0.2) is 23.2 Å². The molecule has 286 valence electrons. The minimum absolute atomic E-state index is 0.0783. The Morgan fingerprint density at radius 2 is 1.29 bits per heavy atom. The molecule has 2 aromatic heterocycles. The smallest absolute Gasteiger partial charge is 0.127 e. The molecule has 2 heterocycles. The van der Waals surface area contributed by atoms with Gasteiger partial charge >= 0.3 is 0 Å². The van der Waals surface area contributed by atoms with Gasteiger partial charge in [-0.1, -0.05) is 82.8 Å². The second-order valence-electron chi connectivity index (χ2n) is 14.6. The minimum atomic E-state index is -0.351. The first kappa shape index (κ1) is 38.7. The molecule has 0 bridgehead atoms. The molecule has 0 saturated heterocycles. The fraction of sp³-hybridized carbons (Fsp3) is 0.261. The number of para-hydroxylation sites is 2. The van der Waals surface area contributed by atoms with Gasteiger partial charge in [-0.15, -0.1) is 0 Å². The molecule has 0 amide bonds. The van der Waals surface area contributed by atoms with Crippen molar-refractivity contribution >= 4 is 46.4 Å². The Bertz CT molecular complexity index is 2320. The summed E-state index contributed by atoms with van der Waals surface area (Å²) in [5.41, 5.74) is 8.27. The summed E-state index contributed by atoms with van der Waals surface area (Å²) >= 11 is 24.7. The van der Waals surface area contributed by atoms with Crippen LogP contribution >= 0.6 is 46.4 Å². The van der Waals surface area contributed by atoms with E-state index in [0.717, 1.165) is 83.4 Å². The monoisotopic (exact) mass is 823 g/mol. The average molecular weight is 826 g/mol. The Morgan fingerprint density at radius 1 is 0.661 bits per heavy atom. The number of benzene rings is 4. The van der Waals surface area contributed by atoms with E-state index >= 15 is 0 Å². The van der Waals surface area contributed by atoms with Gasteiger partial charge in [0.2, 0.25) is 0 Å². The van der Waals surface area contributed by atoms with Gasteiger partial charge in [0.05, 0.1) is 25.4 Å². The van der Waals surface area contributed by atoms with E-state index in [0.29, 0.717) is 39.3 Å². The summed E-state index contributed by atoms with van der Waals surface area (Å²) in [6.45, 7) is 1.11. The van der Waals surface area contributed by atoms with Gasteiger partial charge in [-0.3, -0.25) is 9.97 Å². The van der Waals surface area contributed by atoms with E-state index in [2.05, 4.69) is 45.6 Å². The molecule has 9 rings (SSSR count). The number of nitrogens with one attached hydrogen (secondary N) is 1. The van der Waals surface area contributed by atoms with Crippen LogP contribution in [0.25, 0.3) is 22.3 Å². The van der Waals surface area contributed by atoms with Gasteiger partial charge in [0, 0.05) is 73.7 Å². The van der Waals surface area contributed by atoms with E-state index in [9.17, 15) is 0 Å². The van der Waals surface area contributed by atoms with Crippen LogP contribution in [0, 0.1) is 0 Å². The largest absolute Gasteiger partial charge is 0.496 e. The van der Waals surface area contributed by atoms with Crippen LogP contribution in [0.4, 0.5) is 0 Å². The van der Waals surface area contributed by atoms with Crippen molar-refractivity contribution in [2.24, 2.45) is 0 Å². The summed E-state index contributed by atoms with van der Waals surface area (Å²) in [5.74, 6) is 1.79. The fourth-order valence-corrected chi connectivity index (χ4v) is 8.09. The lowest BCUT2D eigenvalue weighted by Crippen LogP contribution is -2.29. The van der Waals surface area contributed by atoms with E-state index in [-0.39, 0.29) is 11.1 Å². The molecule has 0 unspecified atom stereocenters. The molecule has 3 saturated carbocycles. The van der Waals surface area contributed by atoms with Gasteiger partial charge in [-0.25, -0.2) is 0 Å². The topological polar surface area (TPSA) is 65.5 Å². The lowest BCUT2D eigenvalue weighted by molar-refractivity contribution is 0.0174. The molecule has 3 fully saturated rings. The van der Waals surface area contributed by atoms with Crippen LogP contribution in [0.1, 0.15) is 60.8 Å². The summed E-state index contributed by atoms with van der Waals surface area (Å²) in [4.78, 5) is 8.79. The molecule has 10 heteroatoms. The number of aromatic nitrogens is 2. The molecule has 6 aromatic rings. The minimum Gasteiger partial charge on any atom is -0.496 e. The molecule has 4 aromatic carbocycles. The zero-order valence-electron chi connectivity index (χ0n) is 30.9. The van der Waals surface area contributed by atoms with Crippen molar-refractivity contribution in [3.05, 3.63) is 164 Å². The molecule has 0 spiro atoms. The second kappa shape index (κ2) is 16.8. The Morgan fingerprint density at radius 3 is 1.93 bits per heavy atom. The second-order valence-corrected chi connectivity index (χ2v) is 16.3.